The summed E-state index contributed by atoms with van der Waals surface area (Å²) in [6, 6.07) is 14.1. The van der Waals surface area contributed by atoms with Crippen molar-refractivity contribution in [3.8, 4) is 0 Å². The normalized spacial score (nSPS) is 12.0. The number of hydrogen-bond acceptors (Lipinski definition) is 3. The number of thioether (sulfide) groups is 1. The van der Waals surface area contributed by atoms with Gasteiger partial charge >= 0.3 is 0 Å². The number of rotatable bonds is 11. The van der Waals surface area contributed by atoms with E-state index in [4.69, 9.17) is 0 Å². The Morgan fingerprint density at radius 2 is 1.69 bits per heavy atom. The zero-order valence-electron chi connectivity index (χ0n) is 20.4. The van der Waals surface area contributed by atoms with Crippen molar-refractivity contribution in [1.82, 2.24) is 10.2 Å². The minimum Gasteiger partial charge on any atom is -0.354 e. The van der Waals surface area contributed by atoms with Crippen molar-refractivity contribution in [2.45, 2.75) is 66.3 Å². The van der Waals surface area contributed by atoms with Gasteiger partial charge < -0.3 is 10.2 Å². The van der Waals surface area contributed by atoms with Gasteiger partial charge in [-0.2, -0.15) is 0 Å². The van der Waals surface area contributed by atoms with Crippen LogP contribution in [0, 0.1) is 26.7 Å². The first kappa shape index (κ1) is 26.0. The summed E-state index contributed by atoms with van der Waals surface area (Å²) in [5.74, 6) is 1.44. The number of nitrogens with zero attached hydrogens (tertiary/aromatic N) is 1. The second-order valence-corrected chi connectivity index (χ2v) is 9.99. The average molecular weight is 455 g/mol. The summed E-state index contributed by atoms with van der Waals surface area (Å²) in [5, 5.41) is 3.02. The van der Waals surface area contributed by atoms with Gasteiger partial charge in [-0.15, -0.1) is 11.8 Å². The van der Waals surface area contributed by atoms with E-state index in [0.717, 1.165) is 16.9 Å². The molecule has 2 amide bonds. The molecule has 0 bridgehead atoms. The second-order valence-electron chi connectivity index (χ2n) is 9.00. The maximum Gasteiger partial charge on any atom is 0.242 e. The Labute approximate surface area is 198 Å². The van der Waals surface area contributed by atoms with E-state index in [9.17, 15) is 9.59 Å². The topological polar surface area (TPSA) is 49.4 Å². The summed E-state index contributed by atoms with van der Waals surface area (Å²) >= 11 is 1.61. The highest BCUT2D eigenvalue weighted by atomic mass is 32.2. The molecular weight excluding hydrogens is 416 g/mol. The molecule has 0 heterocycles. The van der Waals surface area contributed by atoms with E-state index in [1.807, 2.05) is 38.1 Å². The van der Waals surface area contributed by atoms with Crippen LogP contribution in [0.25, 0.3) is 0 Å². The Hall–Kier alpha value is -2.27. The van der Waals surface area contributed by atoms with E-state index in [-0.39, 0.29) is 11.8 Å². The fourth-order valence-corrected chi connectivity index (χ4v) is 4.65. The van der Waals surface area contributed by atoms with Crippen LogP contribution in [0.3, 0.4) is 0 Å². The lowest BCUT2D eigenvalue weighted by molar-refractivity contribution is -0.139. The standard InChI is InChI=1S/C27H38N2O2S/c1-7-25(27(31)28-15-19(2)3)29(16-24-11-9-8-10-22(24)6)26(30)18-32-17-23-13-20(4)12-21(5)14-23/h8-14,19,25H,7,15-18H2,1-6H3,(H,28,31). The van der Waals surface area contributed by atoms with E-state index in [1.54, 1.807) is 16.7 Å². The van der Waals surface area contributed by atoms with Gasteiger partial charge in [0.15, 0.2) is 0 Å². The minimum atomic E-state index is -0.470. The minimum absolute atomic E-state index is 0.00850. The predicted octanol–water partition coefficient (Wildman–Crippen LogP) is 5.42. The van der Waals surface area contributed by atoms with Crippen molar-refractivity contribution in [1.29, 1.82) is 0 Å². The van der Waals surface area contributed by atoms with E-state index >= 15 is 0 Å². The van der Waals surface area contributed by atoms with Crippen LogP contribution in [-0.4, -0.2) is 35.1 Å². The highest BCUT2D eigenvalue weighted by Crippen LogP contribution is 2.20. The largest absolute Gasteiger partial charge is 0.354 e. The summed E-state index contributed by atoms with van der Waals surface area (Å²) in [6.07, 6.45) is 0.587. The van der Waals surface area contributed by atoms with Crippen molar-refractivity contribution in [2.24, 2.45) is 5.92 Å². The van der Waals surface area contributed by atoms with E-state index in [2.05, 4.69) is 51.2 Å². The van der Waals surface area contributed by atoms with Gasteiger partial charge in [0.1, 0.15) is 6.04 Å². The van der Waals surface area contributed by atoms with Crippen LogP contribution in [0.5, 0.6) is 0 Å². The maximum absolute atomic E-state index is 13.4. The van der Waals surface area contributed by atoms with Crippen LogP contribution in [0.15, 0.2) is 42.5 Å². The lowest BCUT2D eigenvalue weighted by atomic mass is 10.1. The molecular formula is C27H38N2O2S. The van der Waals surface area contributed by atoms with Gasteiger partial charge in [-0.25, -0.2) is 0 Å². The third kappa shape index (κ3) is 8.01. The van der Waals surface area contributed by atoms with Crippen molar-refractivity contribution in [3.05, 3.63) is 70.3 Å². The molecule has 0 aliphatic heterocycles. The molecule has 4 nitrogen and oxygen atoms in total. The molecule has 0 radical (unpaired) electrons. The van der Waals surface area contributed by atoms with Crippen LogP contribution in [0.4, 0.5) is 0 Å². The molecule has 0 aromatic heterocycles. The molecule has 0 aliphatic carbocycles. The summed E-state index contributed by atoms with van der Waals surface area (Å²) in [5.41, 5.74) is 5.91. The third-order valence-electron chi connectivity index (χ3n) is 5.45. The zero-order valence-corrected chi connectivity index (χ0v) is 21.2. The third-order valence-corrected chi connectivity index (χ3v) is 6.44. The Balaban J connectivity index is 2.15. The summed E-state index contributed by atoms with van der Waals surface area (Å²) in [6.45, 7) is 13.4. The van der Waals surface area contributed by atoms with Gasteiger partial charge in [-0.3, -0.25) is 9.59 Å². The summed E-state index contributed by atoms with van der Waals surface area (Å²) < 4.78 is 0. The molecule has 0 saturated heterocycles. The molecule has 32 heavy (non-hydrogen) atoms. The van der Waals surface area contributed by atoms with Crippen LogP contribution >= 0.6 is 11.8 Å². The molecule has 2 rings (SSSR count). The van der Waals surface area contributed by atoms with Crippen LogP contribution in [0.2, 0.25) is 0 Å². The second kappa shape index (κ2) is 12.7. The van der Waals surface area contributed by atoms with Crippen molar-refractivity contribution in [2.75, 3.05) is 12.3 Å². The lowest BCUT2D eigenvalue weighted by Gasteiger charge is -2.31. The van der Waals surface area contributed by atoms with E-state index in [0.29, 0.717) is 31.2 Å². The monoisotopic (exact) mass is 454 g/mol. The maximum atomic E-state index is 13.4. The van der Waals surface area contributed by atoms with Crippen LogP contribution in [0.1, 0.15) is 55.0 Å². The lowest BCUT2D eigenvalue weighted by Crippen LogP contribution is -2.50. The smallest absolute Gasteiger partial charge is 0.242 e. The van der Waals surface area contributed by atoms with E-state index < -0.39 is 6.04 Å². The number of hydrogen-bond donors (Lipinski definition) is 1. The molecule has 0 saturated carbocycles. The van der Waals surface area contributed by atoms with E-state index in [1.165, 1.54) is 16.7 Å². The first-order chi connectivity index (χ1) is 15.2. The van der Waals surface area contributed by atoms with Crippen molar-refractivity contribution in [3.63, 3.8) is 0 Å². The Morgan fingerprint density at radius 1 is 1.03 bits per heavy atom. The summed E-state index contributed by atoms with van der Waals surface area (Å²) in [4.78, 5) is 28.1. The SMILES string of the molecule is CCC(C(=O)NCC(C)C)N(Cc1ccccc1C)C(=O)CSCc1cc(C)cc(C)c1. The Morgan fingerprint density at radius 3 is 2.28 bits per heavy atom. The van der Waals surface area contributed by atoms with Crippen molar-refractivity contribution >= 4 is 23.6 Å². The van der Waals surface area contributed by atoms with Crippen LogP contribution in [-0.2, 0) is 21.9 Å². The molecule has 1 atom stereocenters. The summed E-state index contributed by atoms with van der Waals surface area (Å²) in [7, 11) is 0. The van der Waals surface area contributed by atoms with Gasteiger partial charge in [0.2, 0.25) is 11.8 Å². The number of amides is 2. The number of carbonyl (C=O) groups is 2. The molecule has 2 aromatic rings. The fourth-order valence-electron chi connectivity index (χ4n) is 3.80. The quantitative estimate of drug-likeness (QED) is 0.493. The number of aryl methyl sites for hydroxylation is 3. The van der Waals surface area contributed by atoms with Gasteiger partial charge in [-0.1, -0.05) is 74.4 Å². The number of nitrogens with one attached hydrogen (secondary N) is 1. The molecule has 1 N–H and O–H groups in total. The molecule has 0 aliphatic rings. The number of carbonyl (C=O) groups excluding carboxylic acids is 2. The molecule has 0 fully saturated rings. The van der Waals surface area contributed by atoms with Gasteiger partial charge in [0.05, 0.1) is 5.75 Å². The van der Waals surface area contributed by atoms with Crippen LogP contribution < -0.4 is 5.32 Å². The van der Waals surface area contributed by atoms with Gasteiger partial charge in [0, 0.05) is 18.8 Å². The van der Waals surface area contributed by atoms with Gasteiger partial charge in [-0.05, 0) is 49.8 Å². The first-order valence-electron chi connectivity index (χ1n) is 11.5. The Kier molecular flexibility index (Phi) is 10.3. The molecule has 174 valence electrons. The highest BCUT2D eigenvalue weighted by Gasteiger charge is 2.28. The molecule has 5 heteroatoms. The average Bonchev–Trinajstić information content (AvgIpc) is 2.72. The predicted molar refractivity (Wildman–Crippen MR) is 136 cm³/mol. The molecule has 2 aromatic carbocycles. The molecule has 0 spiro atoms. The molecule has 1 unspecified atom stereocenters. The van der Waals surface area contributed by atoms with Crippen molar-refractivity contribution < 1.29 is 9.59 Å². The number of benzene rings is 2. The zero-order chi connectivity index (χ0) is 23.7. The highest BCUT2D eigenvalue weighted by molar-refractivity contribution is 7.99. The first-order valence-corrected chi connectivity index (χ1v) is 12.6. The fraction of sp³-hybridized carbons (Fsp3) is 0.481. The van der Waals surface area contributed by atoms with Gasteiger partial charge in [0.25, 0.3) is 0 Å². The Bertz CT molecular complexity index is 890.